The van der Waals surface area contributed by atoms with Crippen molar-refractivity contribution in [3.8, 4) is 0 Å². The van der Waals surface area contributed by atoms with Crippen LogP contribution in [0.15, 0.2) is 34.2 Å². The fourth-order valence-electron chi connectivity index (χ4n) is 3.52. The second-order valence-electron chi connectivity index (χ2n) is 7.17. The minimum atomic E-state index is -2.90. The van der Waals surface area contributed by atoms with Gasteiger partial charge in [0.2, 0.25) is 0 Å². The zero-order chi connectivity index (χ0) is 19.9. The fourth-order valence-corrected chi connectivity index (χ4v) is 6.20. The second-order valence-corrected chi connectivity index (χ2v) is 10.3. The third-order valence-corrected chi connectivity index (χ3v) is 7.90. The summed E-state index contributed by atoms with van der Waals surface area (Å²) >= 11 is 1.46. The van der Waals surface area contributed by atoms with Crippen LogP contribution in [0.3, 0.4) is 0 Å². The van der Waals surface area contributed by atoms with E-state index in [0.29, 0.717) is 29.9 Å². The van der Waals surface area contributed by atoms with Gasteiger partial charge in [0.05, 0.1) is 17.2 Å². The molecule has 4 heterocycles. The highest BCUT2D eigenvalue weighted by atomic mass is 32.2. The molecule has 10 heteroatoms. The number of hydrogen-bond donors (Lipinski definition) is 0. The topological polar surface area (TPSA) is 99.2 Å². The van der Waals surface area contributed by atoms with Gasteiger partial charge in [0.25, 0.3) is 5.56 Å². The number of aromatic nitrogens is 5. The highest BCUT2D eigenvalue weighted by Crippen LogP contribution is 2.25. The molecule has 0 unspecified atom stereocenters. The summed E-state index contributed by atoms with van der Waals surface area (Å²) in [4.78, 5) is 16.9. The van der Waals surface area contributed by atoms with Crippen LogP contribution < -0.4 is 5.56 Å². The zero-order valence-corrected chi connectivity index (χ0v) is 17.3. The molecule has 1 atom stereocenters. The molecule has 0 bridgehead atoms. The van der Waals surface area contributed by atoms with Crippen LogP contribution in [0, 0.1) is 12.8 Å². The number of sulfone groups is 1. The normalized spacial score (nSPS) is 18.7. The molecule has 0 radical (unpaired) electrons. The van der Waals surface area contributed by atoms with Crippen molar-refractivity contribution in [3.05, 3.63) is 51.8 Å². The summed E-state index contributed by atoms with van der Waals surface area (Å²) in [6.07, 6.45) is 1.29. The van der Waals surface area contributed by atoms with Crippen LogP contribution in [0.1, 0.15) is 23.6 Å². The monoisotopic (exact) mass is 419 g/mol. The van der Waals surface area contributed by atoms with Gasteiger partial charge in [0.15, 0.2) is 15.0 Å². The van der Waals surface area contributed by atoms with Crippen molar-refractivity contribution < 1.29 is 8.42 Å². The van der Waals surface area contributed by atoms with Crippen molar-refractivity contribution in [2.24, 2.45) is 13.0 Å². The largest absolute Gasteiger partial charge is 0.309 e. The lowest BCUT2D eigenvalue weighted by atomic mass is 10.1. The van der Waals surface area contributed by atoms with Gasteiger partial charge in [-0.05, 0) is 31.4 Å². The van der Waals surface area contributed by atoms with Crippen molar-refractivity contribution in [1.29, 1.82) is 0 Å². The molecule has 28 heavy (non-hydrogen) atoms. The van der Waals surface area contributed by atoms with E-state index in [9.17, 15) is 13.2 Å². The van der Waals surface area contributed by atoms with E-state index >= 15 is 0 Å². The summed E-state index contributed by atoms with van der Waals surface area (Å²) in [5.41, 5.74) is 2.07. The van der Waals surface area contributed by atoms with Crippen molar-refractivity contribution in [2.75, 3.05) is 11.5 Å². The first-order valence-electron chi connectivity index (χ1n) is 9.02. The van der Waals surface area contributed by atoms with Crippen LogP contribution >= 0.6 is 11.8 Å². The third kappa shape index (κ3) is 3.83. The Morgan fingerprint density at radius 3 is 2.86 bits per heavy atom. The Morgan fingerprint density at radius 1 is 1.29 bits per heavy atom. The van der Waals surface area contributed by atoms with Gasteiger partial charge >= 0.3 is 0 Å². The lowest BCUT2D eigenvalue weighted by Crippen LogP contribution is -2.17. The molecule has 0 spiro atoms. The van der Waals surface area contributed by atoms with Crippen LogP contribution in [-0.2, 0) is 29.1 Å². The van der Waals surface area contributed by atoms with Gasteiger partial charge in [-0.15, -0.1) is 10.2 Å². The molecule has 0 aromatic carbocycles. The quantitative estimate of drug-likeness (QED) is 0.576. The van der Waals surface area contributed by atoms with Crippen molar-refractivity contribution in [1.82, 2.24) is 24.1 Å². The van der Waals surface area contributed by atoms with E-state index in [1.54, 1.807) is 10.5 Å². The Morgan fingerprint density at radius 2 is 2.11 bits per heavy atom. The average Bonchev–Trinajstić information content (AvgIpc) is 3.15. The van der Waals surface area contributed by atoms with E-state index in [0.717, 1.165) is 16.7 Å². The molecule has 148 valence electrons. The Kier molecular flexibility index (Phi) is 5.00. The Labute approximate surface area is 166 Å². The summed E-state index contributed by atoms with van der Waals surface area (Å²) in [6, 6.07) is 7.12. The van der Waals surface area contributed by atoms with Crippen LogP contribution in [-0.4, -0.2) is 44.1 Å². The lowest BCUT2D eigenvalue weighted by Gasteiger charge is -2.08. The molecular formula is C18H21N5O3S2. The van der Waals surface area contributed by atoms with Crippen molar-refractivity contribution in [2.45, 2.75) is 30.7 Å². The summed E-state index contributed by atoms with van der Waals surface area (Å²) in [7, 11) is -1.01. The first-order chi connectivity index (χ1) is 13.3. The summed E-state index contributed by atoms with van der Waals surface area (Å²) < 4.78 is 26.8. The van der Waals surface area contributed by atoms with E-state index in [2.05, 4.69) is 15.2 Å². The molecule has 1 aliphatic heterocycles. The number of hydrogen-bond acceptors (Lipinski definition) is 7. The highest BCUT2D eigenvalue weighted by molar-refractivity contribution is 7.98. The van der Waals surface area contributed by atoms with Gasteiger partial charge in [-0.3, -0.25) is 9.20 Å². The number of thioether (sulfide) groups is 1. The zero-order valence-electron chi connectivity index (χ0n) is 15.7. The molecular weight excluding hydrogens is 398 g/mol. The molecule has 1 aliphatic rings. The molecule has 0 saturated carbocycles. The molecule has 3 aromatic rings. The van der Waals surface area contributed by atoms with Gasteiger partial charge < -0.3 is 4.57 Å². The van der Waals surface area contributed by atoms with Gasteiger partial charge in [-0.25, -0.2) is 13.4 Å². The first kappa shape index (κ1) is 19.1. The predicted molar refractivity (Wildman–Crippen MR) is 107 cm³/mol. The van der Waals surface area contributed by atoms with E-state index < -0.39 is 9.84 Å². The average molecular weight is 420 g/mol. The van der Waals surface area contributed by atoms with E-state index in [1.165, 1.54) is 11.8 Å². The molecule has 3 aromatic heterocycles. The maximum Gasteiger partial charge on any atom is 0.258 e. The molecule has 1 saturated heterocycles. The van der Waals surface area contributed by atoms with E-state index in [1.807, 2.05) is 36.7 Å². The smallest absolute Gasteiger partial charge is 0.258 e. The first-order valence-corrected chi connectivity index (χ1v) is 11.8. The van der Waals surface area contributed by atoms with Gasteiger partial charge in [-0.2, -0.15) is 0 Å². The maximum absolute atomic E-state index is 12.4. The Balaban J connectivity index is 1.48. The predicted octanol–water partition coefficient (Wildman–Crippen LogP) is 1.40. The summed E-state index contributed by atoms with van der Waals surface area (Å²) in [5, 5.41) is 9.18. The number of nitrogens with zero attached hydrogens (tertiary/aromatic N) is 5. The van der Waals surface area contributed by atoms with Crippen LogP contribution in [0.2, 0.25) is 0 Å². The van der Waals surface area contributed by atoms with E-state index in [4.69, 9.17) is 0 Å². The van der Waals surface area contributed by atoms with Crippen LogP contribution in [0.25, 0.3) is 5.65 Å². The molecule has 8 nitrogen and oxygen atoms in total. The SMILES string of the molecule is Cc1cccc2nc(CSc3nnc(C[C@@H]4CCS(=O)(=O)C4)n3C)cc(=O)n12. The molecule has 0 N–H and O–H groups in total. The second kappa shape index (κ2) is 7.32. The van der Waals surface area contributed by atoms with Crippen molar-refractivity contribution in [3.63, 3.8) is 0 Å². The Bertz CT molecular complexity index is 1200. The van der Waals surface area contributed by atoms with E-state index in [-0.39, 0.29) is 23.0 Å². The minimum absolute atomic E-state index is 0.0974. The molecule has 0 amide bonds. The molecule has 4 rings (SSSR count). The number of rotatable bonds is 5. The maximum atomic E-state index is 12.4. The van der Waals surface area contributed by atoms with Crippen LogP contribution in [0.5, 0.6) is 0 Å². The van der Waals surface area contributed by atoms with Gasteiger partial charge in [0.1, 0.15) is 11.5 Å². The standard InChI is InChI=1S/C18H21N5O3S2/c1-12-4-3-5-15-19-14(9-17(24)23(12)15)10-27-18-21-20-16(22(18)2)8-13-6-7-28(25,26)11-13/h3-5,9,13H,6-8,10-11H2,1-2H3/t13-/m0/s1. The number of aryl methyl sites for hydroxylation is 1. The molecule has 1 fully saturated rings. The fraction of sp³-hybridized carbons (Fsp3) is 0.444. The lowest BCUT2D eigenvalue weighted by molar-refractivity contribution is 0.552. The third-order valence-electron chi connectivity index (χ3n) is 5.01. The summed E-state index contributed by atoms with van der Waals surface area (Å²) in [5.74, 6) is 1.89. The number of fused-ring (bicyclic) bond motifs is 1. The molecule has 0 aliphatic carbocycles. The van der Waals surface area contributed by atoms with Crippen LogP contribution in [0.4, 0.5) is 0 Å². The van der Waals surface area contributed by atoms with Gasteiger partial charge in [0, 0.05) is 31.0 Å². The Hall–Kier alpha value is -2.20. The number of pyridine rings is 1. The van der Waals surface area contributed by atoms with Gasteiger partial charge in [-0.1, -0.05) is 17.8 Å². The highest BCUT2D eigenvalue weighted by Gasteiger charge is 2.29. The minimum Gasteiger partial charge on any atom is -0.309 e. The summed E-state index contributed by atoms with van der Waals surface area (Å²) in [6.45, 7) is 1.88. The van der Waals surface area contributed by atoms with Crippen molar-refractivity contribution >= 4 is 27.2 Å².